The molecule has 0 spiro atoms. The van der Waals surface area contributed by atoms with E-state index in [1.54, 1.807) is 6.92 Å². The van der Waals surface area contributed by atoms with Crippen molar-refractivity contribution in [2.45, 2.75) is 19.2 Å². The van der Waals surface area contributed by atoms with Crippen molar-refractivity contribution in [3.05, 3.63) is 0 Å². The molecule has 0 radical (unpaired) electrons. The summed E-state index contributed by atoms with van der Waals surface area (Å²) in [6.45, 7) is -3.12. The Balaban J connectivity index is 0.00000144. The van der Waals surface area contributed by atoms with Crippen molar-refractivity contribution in [2.75, 3.05) is 6.61 Å². The number of carbonyl (C=O) groups excluding carboxylic acids is 1. The zero-order chi connectivity index (χ0) is 9.35. The summed E-state index contributed by atoms with van der Waals surface area (Å²) in [6.07, 6.45) is -0.0810. The van der Waals surface area contributed by atoms with Crippen LogP contribution in [-0.4, -0.2) is 19.6 Å². The van der Waals surface area contributed by atoms with E-state index in [0.717, 1.165) is 0 Å². The SMILES string of the molecule is CCOC(=O)[C@@H]1C[C@H]1[B-](F)(F)F.[K+]. The molecule has 0 aromatic rings. The molecular formula is C6H9BF3KO2. The molecule has 1 rings (SSSR count). The average Bonchev–Trinajstić information content (AvgIpc) is 2.62. The second kappa shape index (κ2) is 5.16. The molecule has 0 amide bonds. The van der Waals surface area contributed by atoms with Crippen LogP contribution >= 0.6 is 0 Å². The molecule has 1 fully saturated rings. The fourth-order valence-corrected chi connectivity index (χ4v) is 1.15. The van der Waals surface area contributed by atoms with E-state index >= 15 is 0 Å². The van der Waals surface area contributed by atoms with Crippen molar-refractivity contribution in [1.82, 2.24) is 0 Å². The van der Waals surface area contributed by atoms with Gasteiger partial charge in [0, 0.05) is 5.92 Å². The Morgan fingerprint density at radius 3 is 2.38 bits per heavy atom. The van der Waals surface area contributed by atoms with Gasteiger partial charge < -0.3 is 17.7 Å². The van der Waals surface area contributed by atoms with Crippen molar-refractivity contribution < 1.29 is 73.9 Å². The Labute approximate surface area is 117 Å². The summed E-state index contributed by atoms with van der Waals surface area (Å²) in [5.41, 5.74) is 0. The Kier molecular flexibility index (Phi) is 5.54. The molecule has 70 valence electrons. The summed E-state index contributed by atoms with van der Waals surface area (Å²) >= 11 is 0. The smallest absolute Gasteiger partial charge is 0.466 e. The Morgan fingerprint density at radius 1 is 1.54 bits per heavy atom. The van der Waals surface area contributed by atoms with Gasteiger partial charge in [-0.2, -0.15) is 0 Å². The summed E-state index contributed by atoms with van der Waals surface area (Å²) in [5.74, 6) is -3.02. The van der Waals surface area contributed by atoms with Crippen molar-refractivity contribution >= 4 is 12.9 Å². The van der Waals surface area contributed by atoms with Gasteiger partial charge in [-0.25, -0.2) is 0 Å². The quantitative estimate of drug-likeness (QED) is 0.440. The van der Waals surface area contributed by atoms with Crippen LogP contribution in [0.2, 0.25) is 5.82 Å². The largest absolute Gasteiger partial charge is 1.00 e. The third-order valence-electron chi connectivity index (χ3n) is 1.91. The van der Waals surface area contributed by atoms with E-state index in [9.17, 15) is 17.7 Å². The number of hydrogen-bond acceptors (Lipinski definition) is 2. The molecular weight excluding hydrogens is 211 g/mol. The van der Waals surface area contributed by atoms with Gasteiger partial charge in [0.1, 0.15) is 0 Å². The van der Waals surface area contributed by atoms with Crippen molar-refractivity contribution in [3.8, 4) is 0 Å². The molecule has 0 bridgehead atoms. The maximum atomic E-state index is 11.9. The van der Waals surface area contributed by atoms with E-state index in [4.69, 9.17) is 0 Å². The summed E-state index contributed by atoms with van der Waals surface area (Å²) in [7, 11) is 0. The molecule has 7 heteroatoms. The third-order valence-corrected chi connectivity index (χ3v) is 1.91. The molecule has 0 heterocycles. The van der Waals surface area contributed by atoms with Crippen LogP contribution in [-0.2, 0) is 9.53 Å². The molecule has 0 aliphatic heterocycles. The first-order valence-electron chi connectivity index (χ1n) is 3.83. The molecule has 0 saturated heterocycles. The first-order chi connectivity index (χ1) is 5.46. The summed E-state index contributed by atoms with van der Waals surface area (Å²) in [6, 6.07) is 0. The predicted molar refractivity (Wildman–Crippen MR) is 37.6 cm³/mol. The maximum absolute atomic E-state index is 11.9. The number of hydrogen-bond donors (Lipinski definition) is 0. The van der Waals surface area contributed by atoms with Crippen molar-refractivity contribution in [1.29, 1.82) is 0 Å². The minimum absolute atomic E-state index is 0. The summed E-state index contributed by atoms with van der Waals surface area (Å²) < 4.78 is 40.3. The van der Waals surface area contributed by atoms with Gasteiger partial charge in [-0.3, -0.25) is 4.79 Å². The second-order valence-corrected chi connectivity index (χ2v) is 2.88. The van der Waals surface area contributed by atoms with Crippen LogP contribution in [0.25, 0.3) is 0 Å². The van der Waals surface area contributed by atoms with Gasteiger partial charge in [0.05, 0.1) is 6.61 Å². The van der Waals surface area contributed by atoms with Crippen molar-refractivity contribution in [3.63, 3.8) is 0 Å². The van der Waals surface area contributed by atoms with Crippen LogP contribution in [0.5, 0.6) is 0 Å². The number of esters is 1. The number of halogens is 3. The van der Waals surface area contributed by atoms with Crippen LogP contribution in [0.4, 0.5) is 12.9 Å². The molecule has 13 heavy (non-hydrogen) atoms. The van der Waals surface area contributed by atoms with Gasteiger partial charge in [-0.05, 0) is 6.92 Å². The zero-order valence-electron chi connectivity index (χ0n) is 7.60. The minimum atomic E-state index is -4.84. The number of ether oxygens (including phenoxy) is 1. The van der Waals surface area contributed by atoms with Crippen LogP contribution in [0, 0.1) is 5.92 Å². The number of rotatable bonds is 3. The molecule has 0 aromatic heterocycles. The monoisotopic (exact) mass is 220 g/mol. The topological polar surface area (TPSA) is 26.3 Å². The standard InChI is InChI=1S/C6H9BF3O2.K/c1-2-12-6(11)4-3-5(4)7(8,9)10;/h4-5H,2-3H2,1H3;/q-1;+1/t4-,5-;/m1./s1. The van der Waals surface area contributed by atoms with Gasteiger partial charge in [0.15, 0.2) is 0 Å². The number of carbonyl (C=O) groups is 1. The van der Waals surface area contributed by atoms with Crippen LogP contribution in [0.15, 0.2) is 0 Å². The first-order valence-corrected chi connectivity index (χ1v) is 3.83. The molecule has 2 atom stereocenters. The molecule has 0 aromatic carbocycles. The first kappa shape index (κ1) is 14.0. The van der Waals surface area contributed by atoms with Gasteiger partial charge in [-0.15, -0.1) is 0 Å². The van der Waals surface area contributed by atoms with Gasteiger partial charge >= 0.3 is 64.3 Å². The Bertz CT molecular complexity index is 197. The maximum Gasteiger partial charge on any atom is 1.00 e. The average molecular weight is 220 g/mol. The van der Waals surface area contributed by atoms with Gasteiger partial charge in [0.2, 0.25) is 0 Å². The van der Waals surface area contributed by atoms with E-state index in [2.05, 4.69) is 4.74 Å². The summed E-state index contributed by atoms with van der Waals surface area (Å²) in [4.78, 5) is 10.8. The molecule has 1 saturated carbocycles. The normalized spacial score (nSPS) is 26.2. The van der Waals surface area contributed by atoms with Crippen LogP contribution in [0.1, 0.15) is 13.3 Å². The molecule has 0 N–H and O–H groups in total. The summed E-state index contributed by atoms with van der Waals surface area (Å²) in [5, 5.41) is 0. The van der Waals surface area contributed by atoms with Gasteiger partial charge in [0.25, 0.3) is 0 Å². The van der Waals surface area contributed by atoms with Crippen molar-refractivity contribution in [2.24, 2.45) is 5.92 Å². The van der Waals surface area contributed by atoms with Gasteiger partial charge in [-0.1, -0.05) is 12.2 Å². The fourth-order valence-electron chi connectivity index (χ4n) is 1.15. The van der Waals surface area contributed by atoms with E-state index in [1.807, 2.05) is 0 Å². The van der Waals surface area contributed by atoms with E-state index in [0.29, 0.717) is 0 Å². The second-order valence-electron chi connectivity index (χ2n) is 2.88. The molecule has 0 unspecified atom stereocenters. The van der Waals surface area contributed by atoms with E-state index in [-0.39, 0.29) is 64.4 Å². The zero-order valence-corrected chi connectivity index (χ0v) is 10.7. The molecule has 2 nitrogen and oxygen atoms in total. The fraction of sp³-hybridized carbons (Fsp3) is 0.833. The van der Waals surface area contributed by atoms with E-state index in [1.165, 1.54) is 0 Å². The minimum Gasteiger partial charge on any atom is -0.466 e. The Morgan fingerprint density at radius 2 is 2.08 bits per heavy atom. The molecule has 1 aliphatic rings. The predicted octanol–water partition coefficient (Wildman–Crippen LogP) is -1.21. The third kappa shape index (κ3) is 3.91. The van der Waals surface area contributed by atoms with Crippen LogP contribution < -0.4 is 51.4 Å². The van der Waals surface area contributed by atoms with E-state index < -0.39 is 24.7 Å². The van der Waals surface area contributed by atoms with Crippen LogP contribution in [0.3, 0.4) is 0 Å². The molecule has 1 aliphatic carbocycles. The Hall–Kier alpha value is 0.961.